The van der Waals surface area contributed by atoms with Gasteiger partial charge in [-0.25, -0.2) is 4.98 Å². The summed E-state index contributed by atoms with van der Waals surface area (Å²) in [7, 11) is 3.27. The number of hydrogen-bond acceptors (Lipinski definition) is 7. The number of benzene rings is 1. The van der Waals surface area contributed by atoms with Crippen LogP contribution in [-0.4, -0.2) is 39.6 Å². The van der Waals surface area contributed by atoms with Gasteiger partial charge < -0.3 is 22.3 Å². The highest BCUT2D eigenvalue weighted by atomic mass is 16.3. The molecule has 0 saturated carbocycles. The summed E-state index contributed by atoms with van der Waals surface area (Å²) >= 11 is 0. The first-order valence-electron chi connectivity index (χ1n) is 7.97. The number of phenolic OH excluding ortho intramolecular Hbond substituents is 1. The standard InChI is InChI=1S/C16H16N4O2.CH3NO.CH5N/c1-8-10(5-4-6-12(8)22)14-13-9(2)19-20(3)16(13)18-11(7-21)15(14)17;2-1-3;1-2/h4-7,22H,17H2,1-3H3;1H,(H2,2,3);2H2,1H3. The number of amides is 1. The Morgan fingerprint density at radius 2 is 1.78 bits per heavy atom. The van der Waals surface area contributed by atoms with Gasteiger partial charge in [-0.3, -0.25) is 14.3 Å². The molecule has 7 N–H and O–H groups in total. The van der Waals surface area contributed by atoms with Crippen LogP contribution in [0.5, 0.6) is 5.75 Å². The van der Waals surface area contributed by atoms with Crippen LogP contribution in [0.3, 0.4) is 0 Å². The first-order valence-corrected chi connectivity index (χ1v) is 7.97. The van der Waals surface area contributed by atoms with E-state index >= 15 is 0 Å². The van der Waals surface area contributed by atoms with Crippen LogP contribution in [0.15, 0.2) is 18.2 Å². The molecule has 3 aromatic rings. The summed E-state index contributed by atoms with van der Waals surface area (Å²) in [6.07, 6.45) is 0.888. The fourth-order valence-corrected chi connectivity index (χ4v) is 2.77. The second-order valence-corrected chi connectivity index (χ2v) is 5.40. The van der Waals surface area contributed by atoms with E-state index in [1.54, 1.807) is 23.9 Å². The largest absolute Gasteiger partial charge is 0.508 e. The van der Waals surface area contributed by atoms with Gasteiger partial charge in [0.1, 0.15) is 11.4 Å². The Morgan fingerprint density at radius 3 is 2.33 bits per heavy atom. The lowest BCUT2D eigenvalue weighted by molar-refractivity contribution is -0.106. The van der Waals surface area contributed by atoms with Gasteiger partial charge in [0.2, 0.25) is 6.41 Å². The Labute approximate surface area is 156 Å². The molecule has 0 unspecified atom stereocenters. The number of aldehydes is 1. The first kappa shape index (κ1) is 21.6. The van der Waals surface area contributed by atoms with Crippen LogP contribution in [0.2, 0.25) is 0 Å². The molecule has 2 heterocycles. The monoisotopic (exact) mass is 372 g/mol. The zero-order valence-corrected chi connectivity index (χ0v) is 15.7. The average molecular weight is 372 g/mol. The minimum Gasteiger partial charge on any atom is -0.508 e. The van der Waals surface area contributed by atoms with E-state index in [1.807, 2.05) is 19.9 Å². The van der Waals surface area contributed by atoms with E-state index in [2.05, 4.69) is 21.5 Å². The van der Waals surface area contributed by atoms with Gasteiger partial charge in [0, 0.05) is 12.6 Å². The van der Waals surface area contributed by atoms with Crippen molar-refractivity contribution in [2.24, 2.45) is 18.5 Å². The fraction of sp³-hybridized carbons (Fsp3) is 0.222. The van der Waals surface area contributed by atoms with Gasteiger partial charge in [-0.2, -0.15) is 5.10 Å². The molecule has 0 aliphatic heterocycles. The predicted octanol–water partition coefficient (Wildman–Crippen LogP) is 1.03. The second kappa shape index (κ2) is 9.30. The molecule has 0 radical (unpaired) electrons. The third kappa shape index (κ3) is 4.04. The van der Waals surface area contributed by atoms with Crippen molar-refractivity contribution in [3.63, 3.8) is 0 Å². The second-order valence-electron chi connectivity index (χ2n) is 5.40. The number of pyridine rings is 1. The molecule has 0 aliphatic rings. The Kier molecular flexibility index (Phi) is 7.43. The zero-order chi connectivity index (χ0) is 20.7. The molecule has 0 spiro atoms. The Bertz CT molecular complexity index is 966. The van der Waals surface area contributed by atoms with E-state index in [1.165, 1.54) is 7.05 Å². The minimum atomic E-state index is 0.174. The third-order valence-electron chi connectivity index (χ3n) is 3.90. The van der Waals surface area contributed by atoms with Gasteiger partial charge in [0.25, 0.3) is 0 Å². The van der Waals surface area contributed by atoms with E-state index in [0.29, 0.717) is 28.7 Å². The van der Waals surface area contributed by atoms with E-state index in [9.17, 15) is 9.90 Å². The highest BCUT2D eigenvalue weighted by Crippen LogP contribution is 2.39. The Morgan fingerprint density at radius 1 is 1.19 bits per heavy atom. The van der Waals surface area contributed by atoms with Gasteiger partial charge in [-0.15, -0.1) is 0 Å². The summed E-state index contributed by atoms with van der Waals surface area (Å²) in [5.74, 6) is 0.177. The van der Waals surface area contributed by atoms with Crippen molar-refractivity contribution in [3.05, 3.63) is 35.2 Å². The summed E-state index contributed by atoms with van der Waals surface area (Å²) in [5, 5.41) is 15.1. The number of aromatic nitrogens is 3. The summed E-state index contributed by atoms with van der Waals surface area (Å²) in [6, 6.07) is 5.22. The number of nitrogens with zero attached hydrogens (tertiary/aromatic N) is 3. The van der Waals surface area contributed by atoms with E-state index in [-0.39, 0.29) is 17.9 Å². The van der Waals surface area contributed by atoms with Crippen LogP contribution < -0.4 is 17.2 Å². The molecule has 1 aromatic carbocycles. The topological polar surface area (TPSA) is 163 Å². The molecule has 27 heavy (non-hydrogen) atoms. The number of phenols is 1. The van der Waals surface area contributed by atoms with Crippen molar-refractivity contribution in [3.8, 4) is 16.9 Å². The lowest BCUT2D eigenvalue weighted by Gasteiger charge is -2.13. The van der Waals surface area contributed by atoms with E-state index < -0.39 is 0 Å². The number of fused-ring (bicyclic) bond motifs is 1. The number of nitrogens with two attached hydrogens (primary N) is 3. The molecule has 3 rings (SSSR count). The van der Waals surface area contributed by atoms with Crippen LogP contribution in [0, 0.1) is 13.8 Å². The number of carbonyl (C=O) groups excluding carboxylic acids is 2. The molecule has 0 atom stereocenters. The average Bonchev–Trinajstić information content (AvgIpc) is 2.93. The van der Waals surface area contributed by atoms with Crippen molar-refractivity contribution >= 4 is 29.4 Å². The smallest absolute Gasteiger partial charge is 0.204 e. The van der Waals surface area contributed by atoms with Crippen LogP contribution >= 0.6 is 0 Å². The number of primary amides is 1. The third-order valence-corrected chi connectivity index (χ3v) is 3.90. The summed E-state index contributed by atoms with van der Waals surface area (Å²) in [6.45, 7) is 3.67. The number of hydrogen-bond donors (Lipinski definition) is 4. The molecule has 0 bridgehead atoms. The number of rotatable bonds is 2. The van der Waals surface area contributed by atoms with Gasteiger partial charge in [-0.05, 0) is 38.1 Å². The summed E-state index contributed by atoms with van der Waals surface area (Å²) in [4.78, 5) is 24.2. The van der Waals surface area contributed by atoms with Gasteiger partial charge >= 0.3 is 0 Å². The van der Waals surface area contributed by atoms with Gasteiger partial charge in [0.05, 0.1) is 16.8 Å². The molecule has 144 valence electrons. The molecule has 1 amide bonds. The highest BCUT2D eigenvalue weighted by molar-refractivity contribution is 6.05. The van der Waals surface area contributed by atoms with Crippen LogP contribution in [0.1, 0.15) is 21.7 Å². The summed E-state index contributed by atoms with van der Waals surface area (Å²) < 4.78 is 1.62. The van der Waals surface area contributed by atoms with Crippen LogP contribution in [0.25, 0.3) is 22.2 Å². The highest BCUT2D eigenvalue weighted by Gasteiger charge is 2.21. The van der Waals surface area contributed by atoms with Crippen molar-refractivity contribution in [1.82, 2.24) is 14.8 Å². The predicted molar refractivity (Wildman–Crippen MR) is 105 cm³/mol. The SMILES string of the molecule is CN.Cc1c(O)cccc1-c1c(N)c(C=O)nc2c1c(C)nn2C.NC=O. The maximum Gasteiger partial charge on any atom is 0.204 e. The number of nitrogen functional groups attached to an aromatic ring is 1. The van der Waals surface area contributed by atoms with Gasteiger partial charge in [0.15, 0.2) is 11.9 Å². The Balaban J connectivity index is 0.000000665. The van der Waals surface area contributed by atoms with Crippen LogP contribution in [-0.2, 0) is 11.8 Å². The molecule has 9 heteroatoms. The fourth-order valence-electron chi connectivity index (χ4n) is 2.77. The molecule has 2 aromatic heterocycles. The Hall–Kier alpha value is -3.46. The lowest BCUT2D eigenvalue weighted by atomic mass is 9.95. The molecular weight excluding hydrogens is 348 g/mol. The molecule has 0 fully saturated rings. The summed E-state index contributed by atoms with van der Waals surface area (Å²) in [5.41, 5.74) is 18.8. The molecule has 0 saturated heterocycles. The van der Waals surface area contributed by atoms with Crippen molar-refractivity contribution in [2.45, 2.75) is 13.8 Å². The quantitative estimate of drug-likeness (QED) is 0.488. The van der Waals surface area contributed by atoms with Gasteiger partial charge in [-0.1, -0.05) is 12.1 Å². The molecular formula is C18H24N6O3. The molecule has 0 aliphatic carbocycles. The maximum absolute atomic E-state index is 11.3. The minimum absolute atomic E-state index is 0.174. The van der Waals surface area contributed by atoms with Crippen LogP contribution in [0.4, 0.5) is 5.69 Å². The van der Waals surface area contributed by atoms with E-state index in [4.69, 9.17) is 10.5 Å². The first-order chi connectivity index (χ1) is 12.9. The lowest BCUT2D eigenvalue weighted by Crippen LogP contribution is -2.03. The van der Waals surface area contributed by atoms with E-state index in [0.717, 1.165) is 16.6 Å². The number of carbonyl (C=O) groups is 2. The van der Waals surface area contributed by atoms with Crippen molar-refractivity contribution in [2.75, 3.05) is 12.8 Å². The zero-order valence-electron chi connectivity index (χ0n) is 15.7. The maximum atomic E-state index is 11.3. The number of anilines is 1. The van der Waals surface area contributed by atoms with Crippen molar-refractivity contribution < 1.29 is 14.7 Å². The normalized spacial score (nSPS) is 9.67. The number of aryl methyl sites for hydroxylation is 2. The number of aromatic hydroxyl groups is 1. The molecule has 9 nitrogen and oxygen atoms in total. The van der Waals surface area contributed by atoms with Crippen molar-refractivity contribution in [1.29, 1.82) is 0 Å².